The Bertz CT molecular complexity index is 424. The Labute approximate surface area is 111 Å². The van der Waals surface area contributed by atoms with E-state index in [4.69, 9.17) is 10.5 Å². The number of carbonyl (C=O) groups excluding carboxylic acids is 1. The second kappa shape index (κ2) is 6.14. The fraction of sp³-hybridized carbons (Fsp3) is 0.667. The Hall–Kier alpha value is -1.44. The second-order valence-electron chi connectivity index (χ2n) is 4.93. The highest BCUT2D eigenvalue weighted by molar-refractivity contribution is 5.79. The first-order chi connectivity index (χ1) is 9.10. The third-order valence-corrected chi connectivity index (χ3v) is 3.38. The molecule has 0 saturated heterocycles. The standard InChI is InChI=1S/C12H20N4O3/c1-19-6-9-4-8(15-16-9)5-14-12(18)7-2-10(13)11(17)3-7/h4,7,10-11,17H,2-3,5-6,13H2,1H3,(H,14,18)(H,15,16)/t7-,10-,11-/m0/s1. The minimum atomic E-state index is -0.573. The topological polar surface area (TPSA) is 113 Å². The van der Waals surface area contributed by atoms with Crippen LogP contribution in [-0.4, -0.2) is 40.5 Å². The molecule has 1 saturated carbocycles. The summed E-state index contributed by atoms with van der Waals surface area (Å²) in [6, 6.07) is 1.55. The molecule has 0 bridgehead atoms. The highest BCUT2D eigenvalue weighted by atomic mass is 16.5. The molecule has 1 amide bonds. The fourth-order valence-electron chi connectivity index (χ4n) is 2.31. The number of rotatable bonds is 5. The quantitative estimate of drug-likeness (QED) is 0.562. The van der Waals surface area contributed by atoms with Gasteiger partial charge in [-0.25, -0.2) is 0 Å². The number of carbonyl (C=O) groups is 1. The fourth-order valence-corrected chi connectivity index (χ4v) is 2.31. The lowest BCUT2D eigenvalue weighted by molar-refractivity contribution is -0.125. The first kappa shape index (κ1) is 14.0. The van der Waals surface area contributed by atoms with Gasteiger partial charge in [-0.15, -0.1) is 0 Å². The van der Waals surface area contributed by atoms with Gasteiger partial charge in [-0.1, -0.05) is 0 Å². The number of nitrogens with two attached hydrogens (primary N) is 1. The minimum absolute atomic E-state index is 0.0742. The summed E-state index contributed by atoms with van der Waals surface area (Å²) in [5.41, 5.74) is 7.31. The molecule has 1 aliphatic carbocycles. The lowest BCUT2D eigenvalue weighted by Crippen LogP contribution is -2.30. The molecular formula is C12H20N4O3. The molecule has 0 aromatic carbocycles. The molecule has 0 spiro atoms. The lowest BCUT2D eigenvalue weighted by atomic mass is 10.1. The molecule has 0 aliphatic heterocycles. The van der Waals surface area contributed by atoms with E-state index in [1.54, 1.807) is 7.11 Å². The van der Waals surface area contributed by atoms with Crippen molar-refractivity contribution in [3.63, 3.8) is 0 Å². The van der Waals surface area contributed by atoms with Crippen LogP contribution in [0, 0.1) is 5.92 Å². The van der Waals surface area contributed by atoms with Crippen molar-refractivity contribution >= 4 is 5.91 Å². The van der Waals surface area contributed by atoms with Crippen molar-refractivity contribution < 1.29 is 14.6 Å². The van der Waals surface area contributed by atoms with E-state index in [1.165, 1.54) is 0 Å². The van der Waals surface area contributed by atoms with Crippen LogP contribution in [0.3, 0.4) is 0 Å². The van der Waals surface area contributed by atoms with Gasteiger partial charge in [-0.2, -0.15) is 5.10 Å². The first-order valence-corrected chi connectivity index (χ1v) is 6.33. The van der Waals surface area contributed by atoms with Crippen molar-refractivity contribution in [2.75, 3.05) is 7.11 Å². The monoisotopic (exact) mass is 268 g/mol. The Balaban J connectivity index is 1.80. The molecule has 19 heavy (non-hydrogen) atoms. The predicted molar refractivity (Wildman–Crippen MR) is 67.9 cm³/mol. The largest absolute Gasteiger partial charge is 0.391 e. The molecule has 7 heteroatoms. The Morgan fingerprint density at radius 2 is 2.47 bits per heavy atom. The van der Waals surface area contributed by atoms with Crippen molar-refractivity contribution in [2.24, 2.45) is 11.7 Å². The van der Waals surface area contributed by atoms with E-state index in [1.807, 2.05) is 6.07 Å². The number of H-pyrrole nitrogens is 1. The molecule has 3 atom stereocenters. The van der Waals surface area contributed by atoms with Gasteiger partial charge in [-0.3, -0.25) is 9.89 Å². The molecule has 1 fully saturated rings. The molecule has 106 valence electrons. The van der Waals surface area contributed by atoms with Crippen molar-refractivity contribution in [2.45, 2.75) is 38.1 Å². The molecule has 1 aliphatic rings. The number of aromatic nitrogens is 2. The second-order valence-corrected chi connectivity index (χ2v) is 4.93. The van der Waals surface area contributed by atoms with E-state index in [9.17, 15) is 9.90 Å². The molecule has 1 aromatic rings. The molecule has 1 heterocycles. The van der Waals surface area contributed by atoms with Crippen LogP contribution in [0.4, 0.5) is 0 Å². The van der Waals surface area contributed by atoms with Crippen molar-refractivity contribution in [1.82, 2.24) is 15.5 Å². The maximum Gasteiger partial charge on any atom is 0.223 e. The lowest BCUT2D eigenvalue weighted by Gasteiger charge is -2.09. The molecule has 2 rings (SSSR count). The van der Waals surface area contributed by atoms with Gasteiger partial charge in [-0.05, 0) is 18.9 Å². The SMILES string of the molecule is COCc1cc(CNC(=O)[C@H]2C[C@H](N)[C@@H](O)C2)[nH]n1. The van der Waals surface area contributed by atoms with Crippen LogP contribution in [0.15, 0.2) is 6.07 Å². The first-order valence-electron chi connectivity index (χ1n) is 6.33. The maximum atomic E-state index is 11.9. The Kier molecular flexibility index (Phi) is 4.52. The number of ether oxygens (including phenoxy) is 1. The minimum Gasteiger partial charge on any atom is -0.391 e. The van der Waals surface area contributed by atoms with Gasteiger partial charge in [0.25, 0.3) is 0 Å². The van der Waals surface area contributed by atoms with Gasteiger partial charge in [0.2, 0.25) is 5.91 Å². The number of amides is 1. The molecule has 0 radical (unpaired) electrons. The number of methoxy groups -OCH3 is 1. The van der Waals surface area contributed by atoms with Gasteiger partial charge in [0.1, 0.15) is 0 Å². The Morgan fingerprint density at radius 1 is 1.68 bits per heavy atom. The average molecular weight is 268 g/mol. The zero-order chi connectivity index (χ0) is 13.8. The number of nitrogens with one attached hydrogen (secondary N) is 2. The summed E-state index contributed by atoms with van der Waals surface area (Å²) < 4.78 is 4.96. The van der Waals surface area contributed by atoms with E-state index in [2.05, 4.69) is 15.5 Å². The Morgan fingerprint density at radius 3 is 3.11 bits per heavy atom. The number of aromatic amines is 1. The summed E-state index contributed by atoms with van der Waals surface area (Å²) in [7, 11) is 1.60. The summed E-state index contributed by atoms with van der Waals surface area (Å²) in [6.45, 7) is 0.825. The third kappa shape index (κ3) is 3.52. The highest BCUT2D eigenvalue weighted by Crippen LogP contribution is 2.24. The van der Waals surface area contributed by atoms with E-state index in [0.29, 0.717) is 26.0 Å². The smallest absolute Gasteiger partial charge is 0.223 e. The molecule has 7 nitrogen and oxygen atoms in total. The van der Waals surface area contributed by atoms with Gasteiger partial charge in [0.05, 0.1) is 30.6 Å². The van der Waals surface area contributed by atoms with Crippen LogP contribution < -0.4 is 11.1 Å². The van der Waals surface area contributed by atoms with Gasteiger partial charge < -0.3 is 20.9 Å². The van der Waals surface area contributed by atoms with E-state index in [0.717, 1.165) is 11.4 Å². The van der Waals surface area contributed by atoms with Gasteiger partial charge >= 0.3 is 0 Å². The number of hydrogen-bond donors (Lipinski definition) is 4. The number of hydrogen-bond acceptors (Lipinski definition) is 5. The van der Waals surface area contributed by atoms with Crippen LogP contribution in [0.1, 0.15) is 24.2 Å². The highest BCUT2D eigenvalue weighted by Gasteiger charge is 2.34. The zero-order valence-corrected chi connectivity index (χ0v) is 10.9. The van der Waals surface area contributed by atoms with Crippen LogP contribution >= 0.6 is 0 Å². The van der Waals surface area contributed by atoms with Gasteiger partial charge in [0.15, 0.2) is 0 Å². The van der Waals surface area contributed by atoms with Crippen LogP contribution in [0.5, 0.6) is 0 Å². The maximum absolute atomic E-state index is 11.9. The zero-order valence-electron chi connectivity index (χ0n) is 10.9. The summed E-state index contributed by atoms with van der Waals surface area (Å²) in [4.78, 5) is 11.9. The van der Waals surface area contributed by atoms with Crippen molar-refractivity contribution in [3.8, 4) is 0 Å². The molecule has 1 aromatic heterocycles. The van der Waals surface area contributed by atoms with Crippen LogP contribution in [-0.2, 0) is 22.7 Å². The summed E-state index contributed by atoms with van der Waals surface area (Å²) in [6.07, 6.45) is 0.395. The number of nitrogens with zero attached hydrogens (tertiary/aromatic N) is 1. The average Bonchev–Trinajstić information content (AvgIpc) is 2.95. The molecule has 5 N–H and O–H groups in total. The summed E-state index contributed by atoms with van der Waals surface area (Å²) in [5, 5.41) is 19.2. The van der Waals surface area contributed by atoms with E-state index in [-0.39, 0.29) is 17.9 Å². The number of aliphatic hydroxyl groups excluding tert-OH is 1. The van der Waals surface area contributed by atoms with Gasteiger partial charge in [0, 0.05) is 19.1 Å². The third-order valence-electron chi connectivity index (χ3n) is 3.38. The normalized spacial score (nSPS) is 26.6. The molecular weight excluding hydrogens is 248 g/mol. The van der Waals surface area contributed by atoms with E-state index < -0.39 is 6.10 Å². The predicted octanol–water partition coefficient (Wildman–Crippen LogP) is -0.729. The van der Waals surface area contributed by atoms with Crippen LogP contribution in [0.25, 0.3) is 0 Å². The summed E-state index contributed by atoms with van der Waals surface area (Å²) >= 11 is 0. The number of aliphatic hydroxyl groups is 1. The molecule has 0 unspecified atom stereocenters. The van der Waals surface area contributed by atoms with Crippen molar-refractivity contribution in [1.29, 1.82) is 0 Å². The van der Waals surface area contributed by atoms with Crippen LogP contribution in [0.2, 0.25) is 0 Å². The van der Waals surface area contributed by atoms with E-state index >= 15 is 0 Å². The summed E-state index contributed by atoms with van der Waals surface area (Å²) in [5.74, 6) is -0.277. The van der Waals surface area contributed by atoms with Crippen molar-refractivity contribution in [3.05, 3.63) is 17.5 Å².